The van der Waals surface area contributed by atoms with Crippen LogP contribution in [0.2, 0.25) is 0 Å². The van der Waals surface area contributed by atoms with Crippen molar-refractivity contribution in [2.75, 3.05) is 6.26 Å². The molecule has 0 spiro atoms. The van der Waals surface area contributed by atoms with E-state index in [4.69, 9.17) is 4.84 Å². The second-order valence-corrected chi connectivity index (χ2v) is 9.20. The van der Waals surface area contributed by atoms with Gasteiger partial charge in [0.2, 0.25) is 0 Å². The van der Waals surface area contributed by atoms with Crippen LogP contribution in [0.1, 0.15) is 24.8 Å². The number of sulfone groups is 1. The average Bonchev–Trinajstić information content (AvgIpc) is 2.61. The van der Waals surface area contributed by atoms with Gasteiger partial charge in [0.1, 0.15) is 4.90 Å². The van der Waals surface area contributed by atoms with Crippen LogP contribution in [0.4, 0.5) is 0 Å². The highest BCUT2D eigenvalue weighted by Gasteiger charge is 2.27. The summed E-state index contributed by atoms with van der Waals surface area (Å²) in [6.45, 7) is 1.77. The average molecular weight is 397 g/mol. The molecule has 1 atom stereocenters. The van der Waals surface area contributed by atoms with Gasteiger partial charge in [0.25, 0.3) is 10.0 Å². The van der Waals surface area contributed by atoms with Crippen molar-refractivity contribution < 1.29 is 26.5 Å². The van der Waals surface area contributed by atoms with E-state index in [2.05, 4.69) is 0 Å². The van der Waals surface area contributed by atoms with Crippen molar-refractivity contribution >= 4 is 25.8 Å². The van der Waals surface area contributed by atoms with E-state index in [0.717, 1.165) is 12.3 Å². The molecule has 0 aliphatic carbocycles. The molecule has 2 rings (SSSR count). The fraction of sp³-hybridized carbons (Fsp3) is 0.235. The second kappa shape index (κ2) is 7.98. The Bertz CT molecular complexity index is 985. The molecule has 0 bridgehead atoms. The lowest BCUT2D eigenvalue weighted by molar-refractivity contribution is -0.149. The number of benzene rings is 2. The Morgan fingerprint density at radius 1 is 0.962 bits per heavy atom. The van der Waals surface area contributed by atoms with Crippen LogP contribution >= 0.6 is 0 Å². The maximum absolute atomic E-state index is 12.4. The van der Waals surface area contributed by atoms with Gasteiger partial charge in [-0.15, -0.1) is 0 Å². The molecule has 0 aliphatic rings. The van der Waals surface area contributed by atoms with Crippen molar-refractivity contribution in [3.63, 3.8) is 0 Å². The quantitative estimate of drug-likeness (QED) is 0.717. The van der Waals surface area contributed by atoms with Gasteiger partial charge in [-0.3, -0.25) is 0 Å². The number of sulfonamides is 1. The summed E-state index contributed by atoms with van der Waals surface area (Å²) in [5.41, 5.74) is 0.690. The summed E-state index contributed by atoms with van der Waals surface area (Å²) in [5.74, 6) is -1.43. The van der Waals surface area contributed by atoms with Gasteiger partial charge in [0.05, 0.1) is 10.8 Å². The molecule has 140 valence electrons. The normalized spacial score (nSPS) is 13.2. The van der Waals surface area contributed by atoms with Crippen LogP contribution in [0.3, 0.4) is 0 Å². The van der Waals surface area contributed by atoms with Gasteiger partial charge in [-0.25, -0.2) is 21.6 Å². The van der Waals surface area contributed by atoms with E-state index in [1.54, 1.807) is 42.1 Å². The Morgan fingerprint density at radius 3 is 2.04 bits per heavy atom. The fourth-order valence-electron chi connectivity index (χ4n) is 2.41. The molecule has 0 saturated carbocycles. The number of hydrogen-bond donors (Lipinski definition) is 1. The van der Waals surface area contributed by atoms with Gasteiger partial charge >= 0.3 is 5.97 Å². The molecule has 0 amide bonds. The van der Waals surface area contributed by atoms with Gasteiger partial charge in [-0.05, 0) is 29.0 Å². The largest absolute Gasteiger partial charge is 0.355 e. The summed E-state index contributed by atoms with van der Waals surface area (Å²) in [6, 6.07) is 13.9. The van der Waals surface area contributed by atoms with Crippen molar-refractivity contribution in [2.45, 2.75) is 29.1 Å². The lowest BCUT2D eigenvalue weighted by atomic mass is 9.97. The molecule has 0 radical (unpaired) electrons. The monoisotopic (exact) mass is 397 g/mol. The Balaban J connectivity index is 2.22. The zero-order chi connectivity index (χ0) is 19.4. The molecule has 0 aliphatic heterocycles. The minimum Gasteiger partial charge on any atom is -0.355 e. The van der Waals surface area contributed by atoms with Gasteiger partial charge in [0.15, 0.2) is 9.84 Å². The highest BCUT2D eigenvalue weighted by Crippen LogP contribution is 2.22. The molecule has 7 nitrogen and oxygen atoms in total. The Labute approximate surface area is 152 Å². The highest BCUT2D eigenvalue weighted by molar-refractivity contribution is 7.93. The molecule has 0 heterocycles. The standard InChI is InChI=1S/C17H19NO6S2/c1-3-14(13-9-5-4-6-10-13)17(19)24-18-26(22,23)16-12-8-7-11-15(16)25(2,20)21/h4-12,14,18H,3H2,1-2H3/t14-/m0/s1. The number of carbonyl (C=O) groups is 1. The fourth-order valence-corrected chi connectivity index (χ4v) is 4.83. The lowest BCUT2D eigenvalue weighted by Crippen LogP contribution is -2.30. The van der Waals surface area contributed by atoms with Gasteiger partial charge in [0, 0.05) is 6.26 Å². The zero-order valence-corrected chi connectivity index (χ0v) is 15.9. The van der Waals surface area contributed by atoms with E-state index in [0.29, 0.717) is 12.0 Å². The minimum absolute atomic E-state index is 0.376. The van der Waals surface area contributed by atoms with Gasteiger partial charge in [-0.2, -0.15) is 0 Å². The van der Waals surface area contributed by atoms with Crippen molar-refractivity contribution in [2.24, 2.45) is 0 Å². The van der Waals surface area contributed by atoms with Crippen LogP contribution in [0.25, 0.3) is 0 Å². The summed E-state index contributed by atoms with van der Waals surface area (Å²) in [6.07, 6.45) is 1.31. The van der Waals surface area contributed by atoms with Crippen molar-refractivity contribution in [3.05, 3.63) is 60.2 Å². The van der Waals surface area contributed by atoms with E-state index >= 15 is 0 Å². The molecule has 0 fully saturated rings. The first-order valence-corrected chi connectivity index (χ1v) is 11.1. The van der Waals surface area contributed by atoms with E-state index in [1.165, 1.54) is 18.2 Å². The van der Waals surface area contributed by atoms with Gasteiger partial charge < -0.3 is 4.84 Å². The maximum Gasteiger partial charge on any atom is 0.333 e. The van der Waals surface area contributed by atoms with Crippen LogP contribution in [0.15, 0.2) is 64.4 Å². The molecule has 0 unspecified atom stereocenters. The van der Waals surface area contributed by atoms with Crippen LogP contribution in [0, 0.1) is 0 Å². The van der Waals surface area contributed by atoms with Crippen molar-refractivity contribution in [1.82, 2.24) is 4.89 Å². The summed E-state index contributed by atoms with van der Waals surface area (Å²) in [4.78, 5) is 17.9. The Morgan fingerprint density at radius 2 is 1.50 bits per heavy atom. The van der Waals surface area contributed by atoms with E-state index in [-0.39, 0.29) is 4.90 Å². The number of nitrogens with one attached hydrogen (secondary N) is 1. The third-order valence-corrected chi connectivity index (χ3v) is 6.21. The van der Waals surface area contributed by atoms with E-state index in [9.17, 15) is 21.6 Å². The third-order valence-electron chi connectivity index (χ3n) is 3.68. The summed E-state index contributed by atoms with van der Waals surface area (Å²) in [5, 5.41) is 0. The van der Waals surface area contributed by atoms with E-state index in [1.807, 2.05) is 0 Å². The second-order valence-electron chi connectivity index (χ2n) is 5.60. The van der Waals surface area contributed by atoms with Crippen molar-refractivity contribution in [3.8, 4) is 0 Å². The molecule has 2 aromatic rings. The smallest absolute Gasteiger partial charge is 0.333 e. The summed E-state index contributed by atoms with van der Waals surface area (Å²) < 4.78 is 48.4. The lowest BCUT2D eigenvalue weighted by Gasteiger charge is -2.15. The topological polar surface area (TPSA) is 107 Å². The summed E-state index contributed by atoms with van der Waals surface area (Å²) >= 11 is 0. The first-order chi connectivity index (χ1) is 12.2. The molecule has 2 aromatic carbocycles. The number of carbonyl (C=O) groups excluding carboxylic acids is 1. The van der Waals surface area contributed by atoms with Crippen LogP contribution in [0.5, 0.6) is 0 Å². The predicted molar refractivity (Wildman–Crippen MR) is 95.4 cm³/mol. The first-order valence-electron chi connectivity index (χ1n) is 7.73. The van der Waals surface area contributed by atoms with Crippen LogP contribution in [-0.4, -0.2) is 29.1 Å². The molecule has 0 aromatic heterocycles. The molecular weight excluding hydrogens is 378 g/mol. The van der Waals surface area contributed by atoms with Crippen LogP contribution in [-0.2, 0) is 29.5 Å². The molecule has 1 N–H and O–H groups in total. The molecular formula is C17H19NO6S2. The molecule has 0 saturated heterocycles. The maximum atomic E-state index is 12.4. The molecule has 26 heavy (non-hydrogen) atoms. The van der Waals surface area contributed by atoms with Crippen LogP contribution < -0.4 is 4.89 Å². The number of rotatable bonds is 7. The zero-order valence-electron chi connectivity index (χ0n) is 14.2. The van der Waals surface area contributed by atoms with E-state index < -0.39 is 36.6 Å². The van der Waals surface area contributed by atoms with Gasteiger partial charge in [-0.1, -0.05) is 49.4 Å². The third kappa shape index (κ3) is 4.69. The highest BCUT2D eigenvalue weighted by atomic mass is 32.2. The number of hydrogen-bond acceptors (Lipinski definition) is 6. The van der Waals surface area contributed by atoms with Crippen molar-refractivity contribution in [1.29, 1.82) is 0 Å². The minimum atomic E-state index is -4.37. The SMILES string of the molecule is CC[C@H](C(=O)ONS(=O)(=O)c1ccccc1S(C)(=O)=O)c1ccccc1. The Hall–Kier alpha value is -2.23. The predicted octanol–water partition coefficient (Wildman–Crippen LogP) is 2.02. The summed E-state index contributed by atoms with van der Waals surface area (Å²) in [7, 11) is -8.14. The molecule has 9 heteroatoms. The first kappa shape index (κ1) is 20.1. The Kier molecular flexibility index (Phi) is 6.17.